The highest BCUT2D eigenvalue weighted by Crippen LogP contribution is 2.16. The van der Waals surface area contributed by atoms with Crippen LogP contribution in [0.5, 0.6) is 0 Å². The zero-order valence-electron chi connectivity index (χ0n) is 8.83. The predicted molar refractivity (Wildman–Crippen MR) is 63.5 cm³/mol. The van der Waals surface area contributed by atoms with Crippen molar-refractivity contribution >= 4 is 15.9 Å². The summed E-state index contributed by atoms with van der Waals surface area (Å²) in [6.07, 6.45) is 2.44. The monoisotopic (exact) mass is 193 g/mol. The fourth-order valence-electron chi connectivity index (χ4n) is 1.59. The molecule has 1 unspecified atom stereocenters. The Hall–Kier alpha value is -0.763. The largest absolute Gasteiger partial charge is 0.373 e. The third kappa shape index (κ3) is 2.59. The molecular weight excluding hydrogens is 174 g/mol. The molecule has 1 nitrogen and oxygen atoms in total. The van der Waals surface area contributed by atoms with Crippen LogP contribution in [0.1, 0.15) is 20.3 Å². The lowest BCUT2D eigenvalue weighted by molar-refractivity contribution is 0.654. The molecule has 2 heteroatoms. The maximum absolute atomic E-state index is 2.49. The number of para-hydroxylation sites is 1. The number of anilines is 1. The van der Waals surface area contributed by atoms with Gasteiger partial charge in [-0.15, -0.1) is 0 Å². The van der Waals surface area contributed by atoms with Crippen molar-refractivity contribution in [3.05, 3.63) is 30.3 Å². The third-order valence-electron chi connectivity index (χ3n) is 2.55. The first-order valence-electron chi connectivity index (χ1n) is 5.11. The number of nitrogens with zero attached hydrogens (tertiary/aromatic N) is 1. The highest BCUT2D eigenvalue weighted by atomic mass is 28.1. The van der Waals surface area contributed by atoms with Gasteiger partial charge in [-0.1, -0.05) is 25.1 Å². The van der Waals surface area contributed by atoms with Gasteiger partial charge in [-0.3, -0.25) is 0 Å². The smallest absolute Gasteiger partial charge is 0.0365 e. The second-order valence-electron chi connectivity index (χ2n) is 3.38. The standard InChI is InChI=1S/C11H19NSi/c1-3-10(2)12(9-13)11-7-5-4-6-8-11/h4-8,10H,3,9H2,1-2,13H3. The molecule has 1 rings (SSSR count). The van der Waals surface area contributed by atoms with Crippen LogP contribution in [0.2, 0.25) is 0 Å². The lowest BCUT2D eigenvalue weighted by atomic mass is 10.2. The number of hydrogen-bond acceptors (Lipinski definition) is 1. The van der Waals surface area contributed by atoms with Crippen LogP contribution in [0.15, 0.2) is 30.3 Å². The van der Waals surface area contributed by atoms with E-state index in [4.69, 9.17) is 0 Å². The third-order valence-corrected chi connectivity index (χ3v) is 3.23. The molecule has 0 saturated carbocycles. The van der Waals surface area contributed by atoms with E-state index in [0.717, 1.165) is 0 Å². The molecular formula is C11H19NSi. The summed E-state index contributed by atoms with van der Waals surface area (Å²) in [6.45, 7) is 4.54. The van der Waals surface area contributed by atoms with Gasteiger partial charge in [0.2, 0.25) is 0 Å². The molecule has 0 aliphatic carbocycles. The first-order valence-corrected chi connectivity index (χ1v) is 6.52. The molecule has 0 amide bonds. The number of benzene rings is 1. The lowest BCUT2D eigenvalue weighted by Crippen LogP contribution is -2.33. The molecule has 0 N–H and O–H groups in total. The van der Waals surface area contributed by atoms with E-state index in [1.54, 1.807) is 0 Å². The first-order chi connectivity index (χ1) is 6.29. The summed E-state index contributed by atoms with van der Waals surface area (Å²) in [5.41, 5.74) is 1.37. The molecule has 1 aromatic carbocycles. The SMILES string of the molecule is CCC(C)N(C[SiH3])c1ccccc1. The first kappa shape index (κ1) is 10.3. The van der Waals surface area contributed by atoms with Crippen molar-refractivity contribution in [1.29, 1.82) is 0 Å². The topological polar surface area (TPSA) is 3.24 Å². The number of rotatable bonds is 4. The van der Waals surface area contributed by atoms with Gasteiger partial charge in [-0.25, -0.2) is 0 Å². The highest BCUT2D eigenvalue weighted by molar-refractivity contribution is 6.10. The minimum atomic E-state index is 0.667. The number of hydrogen-bond donors (Lipinski definition) is 0. The lowest BCUT2D eigenvalue weighted by Gasteiger charge is -2.29. The molecule has 0 fully saturated rings. The molecule has 0 heterocycles. The summed E-state index contributed by atoms with van der Waals surface area (Å²) in [6, 6.07) is 11.4. The Morgan fingerprint density at radius 2 is 1.92 bits per heavy atom. The van der Waals surface area contributed by atoms with Crippen LogP contribution < -0.4 is 4.90 Å². The van der Waals surface area contributed by atoms with E-state index in [2.05, 4.69) is 49.1 Å². The maximum atomic E-state index is 2.49. The van der Waals surface area contributed by atoms with Gasteiger partial charge < -0.3 is 4.90 Å². The minimum absolute atomic E-state index is 0.667. The van der Waals surface area contributed by atoms with E-state index in [0.29, 0.717) is 6.04 Å². The molecule has 0 aliphatic heterocycles. The van der Waals surface area contributed by atoms with Crippen LogP contribution >= 0.6 is 0 Å². The van der Waals surface area contributed by atoms with E-state index < -0.39 is 0 Å². The fraction of sp³-hybridized carbons (Fsp3) is 0.455. The van der Waals surface area contributed by atoms with Crippen molar-refractivity contribution in [3.8, 4) is 0 Å². The van der Waals surface area contributed by atoms with E-state index in [1.807, 2.05) is 0 Å². The zero-order valence-corrected chi connectivity index (χ0v) is 10.8. The minimum Gasteiger partial charge on any atom is -0.373 e. The van der Waals surface area contributed by atoms with E-state index in [9.17, 15) is 0 Å². The average Bonchev–Trinajstić information content (AvgIpc) is 2.20. The van der Waals surface area contributed by atoms with Gasteiger partial charge in [-0.05, 0) is 25.5 Å². The molecule has 1 aromatic rings. The molecule has 0 saturated heterocycles. The zero-order chi connectivity index (χ0) is 9.68. The normalized spacial score (nSPS) is 12.8. The molecule has 0 aliphatic rings. The average molecular weight is 193 g/mol. The van der Waals surface area contributed by atoms with Crippen LogP contribution in [0.4, 0.5) is 5.69 Å². The van der Waals surface area contributed by atoms with Crippen molar-refractivity contribution in [3.63, 3.8) is 0 Å². The van der Waals surface area contributed by atoms with Gasteiger partial charge in [0.05, 0.1) is 0 Å². The van der Waals surface area contributed by atoms with Crippen LogP contribution in [-0.2, 0) is 0 Å². The van der Waals surface area contributed by atoms with Crippen molar-refractivity contribution in [2.75, 3.05) is 11.1 Å². The van der Waals surface area contributed by atoms with E-state index >= 15 is 0 Å². The molecule has 1 atom stereocenters. The molecule has 0 bridgehead atoms. The Labute approximate surface area is 84.2 Å². The van der Waals surface area contributed by atoms with Crippen molar-refractivity contribution in [1.82, 2.24) is 0 Å². The van der Waals surface area contributed by atoms with Gasteiger partial charge in [0.15, 0.2) is 0 Å². The summed E-state index contributed by atoms with van der Waals surface area (Å²) in [4.78, 5) is 2.49. The summed E-state index contributed by atoms with van der Waals surface area (Å²) < 4.78 is 0. The second-order valence-corrected chi connectivity index (χ2v) is 4.01. The molecule has 0 spiro atoms. The van der Waals surface area contributed by atoms with Gasteiger partial charge in [0, 0.05) is 28.1 Å². The van der Waals surface area contributed by atoms with E-state index in [1.165, 1.54) is 28.5 Å². The van der Waals surface area contributed by atoms with Gasteiger partial charge >= 0.3 is 0 Å². The second kappa shape index (κ2) is 5.07. The summed E-state index contributed by atoms with van der Waals surface area (Å²) in [5.74, 6) is 0. The summed E-state index contributed by atoms with van der Waals surface area (Å²) in [5, 5.41) is 0. The Kier molecular flexibility index (Phi) is 4.03. The van der Waals surface area contributed by atoms with Crippen LogP contribution in [0.3, 0.4) is 0 Å². The quantitative estimate of drug-likeness (QED) is 0.657. The van der Waals surface area contributed by atoms with Gasteiger partial charge in [0.25, 0.3) is 0 Å². The molecule has 72 valence electrons. The summed E-state index contributed by atoms with van der Waals surface area (Å²) >= 11 is 0. The molecule has 0 aromatic heterocycles. The fourth-order valence-corrected chi connectivity index (χ4v) is 2.58. The van der Waals surface area contributed by atoms with Crippen LogP contribution in [0.25, 0.3) is 0 Å². The van der Waals surface area contributed by atoms with E-state index in [-0.39, 0.29) is 0 Å². The molecule has 13 heavy (non-hydrogen) atoms. The van der Waals surface area contributed by atoms with Crippen molar-refractivity contribution < 1.29 is 0 Å². The Morgan fingerprint density at radius 1 is 1.31 bits per heavy atom. The van der Waals surface area contributed by atoms with Gasteiger partial charge in [0.1, 0.15) is 0 Å². The summed E-state index contributed by atoms with van der Waals surface area (Å²) in [7, 11) is 1.24. The molecule has 0 radical (unpaired) electrons. The maximum Gasteiger partial charge on any atom is 0.0365 e. The van der Waals surface area contributed by atoms with Crippen LogP contribution in [0, 0.1) is 0 Å². The predicted octanol–water partition coefficient (Wildman–Crippen LogP) is 1.61. The Bertz CT molecular complexity index is 235. The van der Waals surface area contributed by atoms with Crippen molar-refractivity contribution in [2.45, 2.75) is 26.3 Å². The van der Waals surface area contributed by atoms with Gasteiger partial charge in [-0.2, -0.15) is 0 Å². The Morgan fingerprint density at radius 3 is 2.38 bits per heavy atom. The highest BCUT2D eigenvalue weighted by Gasteiger charge is 2.09. The van der Waals surface area contributed by atoms with Crippen LogP contribution in [-0.4, -0.2) is 22.5 Å². The van der Waals surface area contributed by atoms with Crippen molar-refractivity contribution in [2.24, 2.45) is 0 Å². The Balaban J connectivity index is 2.78.